The van der Waals surface area contributed by atoms with Gasteiger partial charge in [0, 0.05) is 5.56 Å². The molecule has 1 fully saturated rings. The number of halogens is 1. The first-order chi connectivity index (χ1) is 17.4. The second-order valence-electron chi connectivity index (χ2n) is 7.63. The normalized spacial score (nSPS) is 14.4. The Morgan fingerprint density at radius 2 is 1.78 bits per heavy atom. The van der Waals surface area contributed by atoms with Crippen molar-refractivity contribution in [3.8, 4) is 17.6 Å². The van der Waals surface area contributed by atoms with Crippen LogP contribution < -0.4 is 19.7 Å². The van der Waals surface area contributed by atoms with Crippen LogP contribution in [0, 0.1) is 11.3 Å². The summed E-state index contributed by atoms with van der Waals surface area (Å²) in [5.74, 6) is -0.397. The van der Waals surface area contributed by atoms with Gasteiger partial charge in [0.1, 0.15) is 23.7 Å². The maximum atomic E-state index is 13.1. The number of nitrogens with zero attached hydrogens (tertiary/aromatic N) is 2. The lowest BCUT2D eigenvalue weighted by Crippen LogP contribution is -2.54. The fourth-order valence-corrected chi connectivity index (χ4v) is 4.06. The number of carbonyl (C=O) groups is 3. The molecule has 0 bridgehead atoms. The van der Waals surface area contributed by atoms with Crippen molar-refractivity contribution >= 4 is 45.5 Å². The molecule has 3 aromatic rings. The van der Waals surface area contributed by atoms with E-state index in [9.17, 15) is 19.6 Å². The molecule has 1 aliphatic heterocycles. The topological polar surface area (TPSA) is 109 Å². The summed E-state index contributed by atoms with van der Waals surface area (Å²) in [6.07, 6.45) is 1.41. The number of rotatable bonds is 7. The third-order valence-corrected chi connectivity index (χ3v) is 5.92. The van der Waals surface area contributed by atoms with Gasteiger partial charge in [-0.2, -0.15) is 5.26 Å². The highest BCUT2D eigenvalue weighted by Crippen LogP contribution is 2.29. The molecule has 3 aromatic carbocycles. The number of hydrogen-bond donors (Lipinski definition) is 1. The van der Waals surface area contributed by atoms with Crippen molar-refractivity contribution in [3.63, 3.8) is 0 Å². The second kappa shape index (κ2) is 10.9. The third kappa shape index (κ3) is 5.29. The van der Waals surface area contributed by atoms with Gasteiger partial charge in [-0.1, -0.05) is 24.3 Å². The number of hydrogen-bond acceptors (Lipinski definition) is 6. The third-order valence-electron chi connectivity index (χ3n) is 5.30. The summed E-state index contributed by atoms with van der Waals surface area (Å²) >= 11 is 3.45. The smallest absolute Gasteiger partial charge is 0.335 e. The van der Waals surface area contributed by atoms with Gasteiger partial charge in [0.25, 0.3) is 11.8 Å². The molecule has 0 spiro atoms. The Morgan fingerprint density at radius 3 is 2.47 bits per heavy atom. The van der Waals surface area contributed by atoms with Gasteiger partial charge in [0.2, 0.25) is 0 Å². The van der Waals surface area contributed by atoms with Crippen LogP contribution >= 0.6 is 15.9 Å². The van der Waals surface area contributed by atoms with E-state index in [0.717, 1.165) is 10.5 Å². The molecule has 0 unspecified atom stereocenters. The van der Waals surface area contributed by atoms with Crippen LogP contribution in [0.1, 0.15) is 23.6 Å². The summed E-state index contributed by atoms with van der Waals surface area (Å²) in [6, 6.07) is 19.9. The van der Waals surface area contributed by atoms with E-state index in [2.05, 4.69) is 27.3 Å². The van der Waals surface area contributed by atoms with Gasteiger partial charge in [-0.15, -0.1) is 0 Å². The van der Waals surface area contributed by atoms with Crippen LogP contribution in [0.4, 0.5) is 10.5 Å². The highest BCUT2D eigenvalue weighted by atomic mass is 79.9. The molecule has 8 nitrogen and oxygen atoms in total. The lowest BCUT2D eigenvalue weighted by Gasteiger charge is -2.26. The Hall–Kier alpha value is -4.42. The number of amides is 4. The number of ether oxygens (including phenoxy) is 2. The summed E-state index contributed by atoms with van der Waals surface area (Å²) in [5, 5.41) is 11.4. The number of barbiturate groups is 1. The molecule has 0 aromatic heterocycles. The number of benzene rings is 3. The van der Waals surface area contributed by atoms with E-state index in [1.165, 1.54) is 6.08 Å². The summed E-state index contributed by atoms with van der Waals surface area (Å²) in [5.41, 5.74) is 1.95. The zero-order valence-electron chi connectivity index (χ0n) is 19.2. The predicted octanol–water partition coefficient (Wildman–Crippen LogP) is 4.96. The van der Waals surface area contributed by atoms with Gasteiger partial charge >= 0.3 is 6.03 Å². The summed E-state index contributed by atoms with van der Waals surface area (Å²) in [7, 11) is 0. The molecule has 1 saturated heterocycles. The fourth-order valence-electron chi connectivity index (χ4n) is 3.55. The first-order valence-corrected chi connectivity index (χ1v) is 11.7. The molecule has 0 radical (unpaired) electrons. The van der Waals surface area contributed by atoms with E-state index in [1.807, 2.05) is 19.1 Å². The summed E-state index contributed by atoms with van der Waals surface area (Å²) in [4.78, 5) is 38.9. The lowest BCUT2D eigenvalue weighted by atomic mass is 10.1. The van der Waals surface area contributed by atoms with Gasteiger partial charge in [0.05, 0.1) is 28.4 Å². The molecule has 0 atom stereocenters. The van der Waals surface area contributed by atoms with Crippen LogP contribution in [0.3, 0.4) is 0 Å². The molecular weight excluding hydrogens is 526 g/mol. The van der Waals surface area contributed by atoms with Gasteiger partial charge < -0.3 is 9.47 Å². The van der Waals surface area contributed by atoms with Gasteiger partial charge in [0.15, 0.2) is 0 Å². The molecule has 9 heteroatoms. The zero-order valence-corrected chi connectivity index (χ0v) is 20.7. The first kappa shape index (κ1) is 24.7. The number of carbonyl (C=O) groups excluding carboxylic acids is 3. The van der Waals surface area contributed by atoms with E-state index in [1.54, 1.807) is 54.6 Å². The quantitative estimate of drug-likeness (QED) is 0.331. The molecular formula is C27H20BrN3O5. The number of nitriles is 1. The van der Waals surface area contributed by atoms with Crippen LogP contribution in [-0.2, 0) is 16.2 Å². The molecule has 1 heterocycles. The minimum atomic E-state index is -0.825. The number of anilines is 1. The molecule has 36 heavy (non-hydrogen) atoms. The maximum Gasteiger partial charge on any atom is 0.335 e. The molecule has 180 valence electrons. The van der Waals surface area contributed by atoms with E-state index in [-0.39, 0.29) is 12.2 Å². The highest BCUT2D eigenvalue weighted by molar-refractivity contribution is 9.10. The minimum Gasteiger partial charge on any atom is -0.494 e. The molecule has 4 rings (SSSR count). The predicted molar refractivity (Wildman–Crippen MR) is 136 cm³/mol. The average molecular weight is 546 g/mol. The average Bonchev–Trinajstić information content (AvgIpc) is 2.87. The number of nitrogens with one attached hydrogen (secondary N) is 1. The molecule has 4 amide bonds. The minimum absolute atomic E-state index is 0.188. The van der Waals surface area contributed by atoms with Crippen LogP contribution in [0.2, 0.25) is 0 Å². The van der Waals surface area contributed by atoms with E-state index < -0.39 is 17.8 Å². The number of imide groups is 2. The zero-order chi connectivity index (χ0) is 25.7. The SMILES string of the molecule is CCOc1ccc(N2C(=O)NC(=O)/C(=C\c3ccc(OCc4ccccc4C#N)c(Br)c3)C2=O)cc1. The summed E-state index contributed by atoms with van der Waals surface area (Å²) < 4.78 is 11.8. The van der Waals surface area contributed by atoms with Crippen LogP contribution in [0.25, 0.3) is 6.08 Å². The Morgan fingerprint density at radius 1 is 1.03 bits per heavy atom. The van der Waals surface area contributed by atoms with E-state index in [0.29, 0.717) is 39.4 Å². The standard InChI is InChI=1S/C27H20BrN3O5/c1-2-35-21-10-8-20(9-11-21)31-26(33)22(25(32)30-27(31)34)13-17-7-12-24(23(28)14-17)36-16-19-6-4-3-5-18(19)15-29/h3-14H,2,16H2,1H3,(H,30,32,34)/b22-13+. The lowest BCUT2D eigenvalue weighted by molar-refractivity contribution is -0.122. The molecule has 0 aliphatic carbocycles. The molecule has 0 saturated carbocycles. The maximum absolute atomic E-state index is 13.1. The van der Waals surface area contributed by atoms with Gasteiger partial charge in [-0.25, -0.2) is 9.69 Å². The van der Waals surface area contributed by atoms with E-state index >= 15 is 0 Å². The van der Waals surface area contributed by atoms with Crippen molar-refractivity contribution in [3.05, 3.63) is 93.5 Å². The molecule has 1 aliphatic rings. The fraction of sp³-hybridized carbons (Fsp3) is 0.111. The largest absolute Gasteiger partial charge is 0.494 e. The van der Waals surface area contributed by atoms with Crippen LogP contribution in [0.5, 0.6) is 11.5 Å². The van der Waals surface area contributed by atoms with Crippen molar-refractivity contribution in [1.82, 2.24) is 5.32 Å². The Balaban J connectivity index is 1.55. The van der Waals surface area contributed by atoms with Crippen molar-refractivity contribution in [2.45, 2.75) is 13.5 Å². The van der Waals surface area contributed by atoms with E-state index in [4.69, 9.17) is 9.47 Å². The second-order valence-corrected chi connectivity index (χ2v) is 8.49. The van der Waals surface area contributed by atoms with Crippen molar-refractivity contribution in [2.24, 2.45) is 0 Å². The Bertz CT molecular complexity index is 1410. The van der Waals surface area contributed by atoms with Crippen molar-refractivity contribution in [2.75, 3.05) is 11.5 Å². The van der Waals surface area contributed by atoms with Gasteiger partial charge in [-0.05, 0) is 77.0 Å². The Labute approximate surface area is 215 Å². The van der Waals surface area contributed by atoms with Crippen molar-refractivity contribution in [1.29, 1.82) is 5.26 Å². The van der Waals surface area contributed by atoms with Crippen molar-refractivity contribution < 1.29 is 23.9 Å². The first-order valence-electron chi connectivity index (χ1n) is 11.0. The highest BCUT2D eigenvalue weighted by Gasteiger charge is 2.36. The van der Waals surface area contributed by atoms with Crippen LogP contribution in [-0.4, -0.2) is 24.5 Å². The number of urea groups is 1. The Kier molecular flexibility index (Phi) is 7.47. The molecule has 1 N–H and O–H groups in total. The van der Waals surface area contributed by atoms with Gasteiger partial charge in [-0.3, -0.25) is 14.9 Å². The summed E-state index contributed by atoms with van der Waals surface area (Å²) in [6.45, 7) is 2.53. The monoisotopic (exact) mass is 545 g/mol. The van der Waals surface area contributed by atoms with Crippen LogP contribution in [0.15, 0.2) is 76.8 Å².